The highest BCUT2D eigenvalue weighted by Crippen LogP contribution is 2.33. The lowest BCUT2D eigenvalue weighted by molar-refractivity contribution is -0.131. The van der Waals surface area contributed by atoms with Gasteiger partial charge in [-0.2, -0.15) is 0 Å². The molecule has 3 amide bonds. The molecule has 1 atom stereocenters. The van der Waals surface area contributed by atoms with Crippen LogP contribution in [0.1, 0.15) is 12.5 Å². The fraction of sp³-hybridized carbons (Fsp3) is 0.222. The number of amides is 3. The summed E-state index contributed by atoms with van der Waals surface area (Å²) in [6.45, 7) is 1.87. The Kier molecular flexibility index (Phi) is 4.88. The molecule has 7 heteroatoms. The molecule has 0 bridgehead atoms. The van der Waals surface area contributed by atoms with Gasteiger partial charge in [0.1, 0.15) is 12.1 Å². The van der Waals surface area contributed by atoms with Gasteiger partial charge in [0, 0.05) is 0 Å². The number of rotatable bonds is 5. The summed E-state index contributed by atoms with van der Waals surface area (Å²) in [5.41, 5.74) is -0.355. The lowest BCUT2D eigenvalue weighted by atomic mass is 9.92. The summed E-state index contributed by atoms with van der Waals surface area (Å²) in [6.07, 6.45) is 0. The normalized spacial score (nSPS) is 19.9. The summed E-state index contributed by atoms with van der Waals surface area (Å²) >= 11 is 12.1. The Hall–Kier alpha value is -2.24. The molecule has 0 saturated carbocycles. The fourth-order valence-electron chi connectivity index (χ4n) is 2.73. The Balaban J connectivity index is 1.70. The van der Waals surface area contributed by atoms with Crippen LogP contribution in [0.2, 0.25) is 10.0 Å². The van der Waals surface area contributed by atoms with Crippen LogP contribution >= 0.6 is 23.2 Å². The summed E-state index contributed by atoms with van der Waals surface area (Å²) in [6, 6.07) is 13.7. The highest BCUT2D eigenvalue weighted by atomic mass is 35.5. The predicted molar refractivity (Wildman–Crippen MR) is 96.0 cm³/mol. The topological polar surface area (TPSA) is 58.6 Å². The van der Waals surface area contributed by atoms with Gasteiger partial charge in [0.15, 0.2) is 5.75 Å². The van der Waals surface area contributed by atoms with E-state index in [-0.39, 0.29) is 19.1 Å². The van der Waals surface area contributed by atoms with Crippen molar-refractivity contribution in [2.45, 2.75) is 12.5 Å². The van der Waals surface area contributed by atoms with E-state index >= 15 is 0 Å². The molecule has 2 aromatic rings. The zero-order chi connectivity index (χ0) is 18.0. The Morgan fingerprint density at radius 2 is 1.68 bits per heavy atom. The molecule has 2 aromatic carbocycles. The second kappa shape index (κ2) is 6.94. The third-order valence-electron chi connectivity index (χ3n) is 4.11. The molecule has 0 spiro atoms. The van der Waals surface area contributed by atoms with Gasteiger partial charge in [0.05, 0.1) is 16.6 Å². The molecule has 0 aliphatic carbocycles. The third-order valence-corrected chi connectivity index (χ3v) is 4.70. The molecule has 1 aliphatic rings. The summed E-state index contributed by atoms with van der Waals surface area (Å²) in [5.74, 6) is 0.0151. The van der Waals surface area contributed by atoms with Crippen molar-refractivity contribution < 1.29 is 14.3 Å². The van der Waals surface area contributed by atoms with E-state index in [0.29, 0.717) is 15.8 Å². The molecule has 1 N–H and O–H groups in total. The van der Waals surface area contributed by atoms with Crippen LogP contribution in [-0.2, 0) is 10.3 Å². The predicted octanol–water partition coefficient (Wildman–Crippen LogP) is 3.84. The van der Waals surface area contributed by atoms with E-state index in [1.54, 1.807) is 25.1 Å². The van der Waals surface area contributed by atoms with Crippen LogP contribution in [0.3, 0.4) is 0 Å². The number of carbonyl (C=O) groups is 2. The largest absolute Gasteiger partial charge is 0.489 e. The molecule has 1 saturated heterocycles. The van der Waals surface area contributed by atoms with E-state index in [0.717, 1.165) is 10.5 Å². The highest BCUT2D eigenvalue weighted by Gasteiger charge is 2.48. The molecule has 5 nitrogen and oxygen atoms in total. The zero-order valence-electron chi connectivity index (χ0n) is 13.5. The van der Waals surface area contributed by atoms with Crippen LogP contribution in [0.25, 0.3) is 0 Å². The lowest BCUT2D eigenvalue weighted by Crippen LogP contribution is -2.41. The van der Waals surface area contributed by atoms with E-state index in [1.165, 1.54) is 0 Å². The second-order valence-corrected chi connectivity index (χ2v) is 6.59. The molecule has 0 aromatic heterocycles. The number of para-hydroxylation sites is 1. The number of nitrogens with zero attached hydrogens (tertiary/aromatic N) is 1. The number of nitrogens with one attached hydrogen (secondary N) is 1. The van der Waals surface area contributed by atoms with E-state index in [2.05, 4.69) is 5.32 Å². The first-order chi connectivity index (χ1) is 11.9. The van der Waals surface area contributed by atoms with Crippen LogP contribution in [-0.4, -0.2) is 30.0 Å². The monoisotopic (exact) mass is 378 g/mol. The van der Waals surface area contributed by atoms with Crippen LogP contribution < -0.4 is 10.1 Å². The number of hydrogen-bond donors (Lipinski definition) is 1. The highest BCUT2D eigenvalue weighted by molar-refractivity contribution is 6.37. The van der Waals surface area contributed by atoms with Gasteiger partial charge in [-0.1, -0.05) is 59.6 Å². The minimum atomic E-state index is -1.08. The molecule has 0 radical (unpaired) electrons. The Labute approximate surface area is 155 Å². The van der Waals surface area contributed by atoms with Gasteiger partial charge in [-0.05, 0) is 24.6 Å². The number of hydrogen-bond acceptors (Lipinski definition) is 3. The van der Waals surface area contributed by atoms with Crippen LogP contribution in [0.15, 0.2) is 48.5 Å². The van der Waals surface area contributed by atoms with Crippen molar-refractivity contribution in [1.29, 1.82) is 0 Å². The van der Waals surface area contributed by atoms with Gasteiger partial charge in [0.2, 0.25) is 0 Å². The first-order valence-electron chi connectivity index (χ1n) is 7.70. The average molecular weight is 379 g/mol. The maximum Gasteiger partial charge on any atom is 0.325 e. The van der Waals surface area contributed by atoms with Gasteiger partial charge in [-0.3, -0.25) is 9.69 Å². The Morgan fingerprint density at radius 1 is 1.04 bits per heavy atom. The summed E-state index contributed by atoms with van der Waals surface area (Å²) < 4.78 is 5.56. The molecule has 1 heterocycles. The molecule has 1 fully saturated rings. The quantitative estimate of drug-likeness (QED) is 0.804. The molecule has 3 rings (SSSR count). The van der Waals surface area contributed by atoms with Crippen LogP contribution in [0.5, 0.6) is 5.75 Å². The summed E-state index contributed by atoms with van der Waals surface area (Å²) in [7, 11) is 0. The minimum absolute atomic E-state index is 0.0908. The van der Waals surface area contributed by atoms with E-state index in [9.17, 15) is 9.59 Å². The van der Waals surface area contributed by atoms with Gasteiger partial charge < -0.3 is 10.1 Å². The molecular formula is C18H16Cl2N2O3. The number of benzene rings is 2. The van der Waals surface area contributed by atoms with Crippen molar-refractivity contribution in [2.24, 2.45) is 0 Å². The maximum absolute atomic E-state index is 12.7. The first-order valence-corrected chi connectivity index (χ1v) is 8.45. The standard InChI is InChI=1S/C18H16Cl2N2O3/c1-18(12-6-3-2-4-7-12)16(23)22(17(24)21-18)10-11-25-15-13(19)8-5-9-14(15)20/h2-9H,10-11H2,1H3,(H,21,24)/t18-/m1/s1. The Bertz CT molecular complexity index is 793. The summed E-state index contributed by atoms with van der Waals surface area (Å²) in [4.78, 5) is 26.1. The Morgan fingerprint density at radius 3 is 2.32 bits per heavy atom. The fourth-order valence-corrected chi connectivity index (χ4v) is 3.23. The van der Waals surface area contributed by atoms with E-state index < -0.39 is 11.6 Å². The van der Waals surface area contributed by atoms with Crippen molar-refractivity contribution in [3.05, 3.63) is 64.1 Å². The summed E-state index contributed by atoms with van der Waals surface area (Å²) in [5, 5.41) is 3.50. The van der Waals surface area contributed by atoms with Crippen LogP contribution in [0, 0.1) is 0 Å². The smallest absolute Gasteiger partial charge is 0.325 e. The zero-order valence-corrected chi connectivity index (χ0v) is 15.0. The van der Waals surface area contributed by atoms with Gasteiger partial charge in [0.25, 0.3) is 5.91 Å². The molecule has 130 valence electrons. The van der Waals surface area contributed by atoms with Crippen molar-refractivity contribution in [2.75, 3.05) is 13.2 Å². The molecular weight excluding hydrogens is 363 g/mol. The van der Waals surface area contributed by atoms with Gasteiger partial charge in [-0.15, -0.1) is 0 Å². The van der Waals surface area contributed by atoms with Crippen molar-refractivity contribution in [3.63, 3.8) is 0 Å². The molecule has 0 unspecified atom stereocenters. The number of ether oxygens (including phenoxy) is 1. The van der Waals surface area contributed by atoms with Gasteiger partial charge in [-0.25, -0.2) is 4.79 Å². The number of urea groups is 1. The SMILES string of the molecule is C[C@]1(c2ccccc2)NC(=O)N(CCOc2c(Cl)cccc2Cl)C1=O. The molecule has 1 aliphatic heterocycles. The van der Waals surface area contributed by atoms with Crippen molar-refractivity contribution in [1.82, 2.24) is 10.2 Å². The third kappa shape index (κ3) is 3.30. The van der Waals surface area contributed by atoms with Gasteiger partial charge >= 0.3 is 6.03 Å². The number of imide groups is 1. The van der Waals surface area contributed by atoms with Crippen molar-refractivity contribution in [3.8, 4) is 5.75 Å². The minimum Gasteiger partial charge on any atom is -0.489 e. The number of halogens is 2. The lowest BCUT2D eigenvalue weighted by Gasteiger charge is -2.22. The van der Waals surface area contributed by atoms with E-state index in [4.69, 9.17) is 27.9 Å². The van der Waals surface area contributed by atoms with E-state index in [1.807, 2.05) is 30.3 Å². The maximum atomic E-state index is 12.7. The number of carbonyl (C=O) groups excluding carboxylic acids is 2. The second-order valence-electron chi connectivity index (χ2n) is 5.78. The van der Waals surface area contributed by atoms with Crippen molar-refractivity contribution >= 4 is 35.1 Å². The van der Waals surface area contributed by atoms with Crippen LogP contribution in [0.4, 0.5) is 4.79 Å². The first kappa shape index (κ1) is 17.6. The average Bonchev–Trinajstić information content (AvgIpc) is 2.82. The molecule has 25 heavy (non-hydrogen) atoms.